The molecule has 3 atom stereocenters. The quantitative estimate of drug-likeness (QED) is 0.798. The van der Waals surface area contributed by atoms with Gasteiger partial charge in [-0.3, -0.25) is 4.90 Å². The van der Waals surface area contributed by atoms with Crippen molar-refractivity contribution >= 4 is 0 Å². The first-order valence-corrected chi connectivity index (χ1v) is 8.36. The van der Waals surface area contributed by atoms with Crippen molar-refractivity contribution in [2.45, 2.75) is 63.1 Å². The molecule has 2 aliphatic rings. The second-order valence-corrected chi connectivity index (χ2v) is 6.97. The smallest absolute Gasteiger partial charge is 0.0613 e. The van der Waals surface area contributed by atoms with E-state index < -0.39 is 0 Å². The molecule has 1 heterocycles. The normalized spacial score (nSPS) is 36.5. The highest BCUT2D eigenvalue weighted by atomic mass is 16.3. The Kier molecular flexibility index (Phi) is 5.84. The number of nitrogens with zero attached hydrogens (tertiary/aromatic N) is 2. The zero-order chi connectivity index (χ0) is 14.6. The number of rotatable bonds is 5. The molecule has 1 aliphatic carbocycles. The van der Waals surface area contributed by atoms with Crippen molar-refractivity contribution in [3.05, 3.63) is 0 Å². The average molecular weight is 283 g/mol. The van der Waals surface area contributed by atoms with E-state index >= 15 is 0 Å². The summed E-state index contributed by atoms with van der Waals surface area (Å²) in [5, 5.41) is 13.4. The van der Waals surface area contributed by atoms with E-state index in [0.29, 0.717) is 12.1 Å². The van der Waals surface area contributed by atoms with E-state index in [1.165, 1.54) is 38.8 Å². The SMILES string of the molecule is CCNC1(CO)CCCC(N2CCCC(N(C)C)C2)C1. The van der Waals surface area contributed by atoms with Crippen LogP contribution in [0.3, 0.4) is 0 Å². The topological polar surface area (TPSA) is 38.7 Å². The third-order valence-electron chi connectivity index (χ3n) is 5.35. The Hall–Kier alpha value is -0.160. The molecule has 3 unspecified atom stereocenters. The van der Waals surface area contributed by atoms with E-state index in [1.54, 1.807) is 0 Å². The van der Waals surface area contributed by atoms with Crippen LogP contribution < -0.4 is 5.32 Å². The highest BCUT2D eigenvalue weighted by Gasteiger charge is 2.38. The van der Waals surface area contributed by atoms with Gasteiger partial charge in [-0.1, -0.05) is 6.92 Å². The molecule has 2 rings (SSSR count). The maximum absolute atomic E-state index is 9.84. The molecule has 0 aromatic heterocycles. The highest BCUT2D eigenvalue weighted by Crippen LogP contribution is 2.32. The molecule has 0 spiro atoms. The lowest BCUT2D eigenvalue weighted by Crippen LogP contribution is -2.58. The summed E-state index contributed by atoms with van der Waals surface area (Å²) in [6, 6.07) is 1.35. The number of nitrogens with one attached hydrogen (secondary N) is 1. The Morgan fingerprint density at radius 1 is 1.30 bits per heavy atom. The summed E-state index contributed by atoms with van der Waals surface area (Å²) in [5.74, 6) is 0. The van der Waals surface area contributed by atoms with Crippen LogP contribution in [0.25, 0.3) is 0 Å². The standard InChI is InChI=1S/C16H33N3O/c1-4-17-16(13-20)9-5-7-14(11-16)19-10-6-8-15(12-19)18(2)3/h14-15,17,20H,4-13H2,1-3H3. The number of likely N-dealkylation sites (tertiary alicyclic amines) is 1. The fourth-order valence-electron chi connectivity index (χ4n) is 4.11. The summed E-state index contributed by atoms with van der Waals surface area (Å²) in [6.07, 6.45) is 7.41. The van der Waals surface area contributed by atoms with Gasteiger partial charge in [-0.2, -0.15) is 0 Å². The van der Waals surface area contributed by atoms with Crippen LogP contribution in [0.15, 0.2) is 0 Å². The molecule has 1 aliphatic heterocycles. The van der Waals surface area contributed by atoms with Gasteiger partial charge in [0, 0.05) is 24.2 Å². The summed E-state index contributed by atoms with van der Waals surface area (Å²) in [7, 11) is 4.40. The third kappa shape index (κ3) is 3.73. The van der Waals surface area contributed by atoms with Crippen LogP contribution >= 0.6 is 0 Å². The number of hydrogen-bond donors (Lipinski definition) is 2. The first-order chi connectivity index (χ1) is 9.60. The molecule has 0 bridgehead atoms. The molecule has 1 saturated carbocycles. The molecular formula is C16H33N3O. The lowest BCUT2D eigenvalue weighted by atomic mass is 9.78. The number of aliphatic hydroxyl groups excluding tert-OH is 1. The van der Waals surface area contributed by atoms with Crippen molar-refractivity contribution < 1.29 is 5.11 Å². The van der Waals surface area contributed by atoms with E-state index in [2.05, 4.69) is 36.1 Å². The van der Waals surface area contributed by atoms with Crippen LogP contribution in [0.1, 0.15) is 45.4 Å². The number of piperidine rings is 1. The molecule has 2 fully saturated rings. The van der Waals surface area contributed by atoms with E-state index in [9.17, 15) is 5.11 Å². The zero-order valence-electron chi connectivity index (χ0n) is 13.6. The van der Waals surface area contributed by atoms with Gasteiger partial charge >= 0.3 is 0 Å². The van der Waals surface area contributed by atoms with E-state index in [4.69, 9.17) is 0 Å². The molecule has 0 radical (unpaired) electrons. The van der Waals surface area contributed by atoms with E-state index in [-0.39, 0.29) is 12.1 Å². The van der Waals surface area contributed by atoms with Crippen molar-refractivity contribution in [2.24, 2.45) is 0 Å². The molecular weight excluding hydrogens is 250 g/mol. The largest absolute Gasteiger partial charge is 0.394 e. The number of hydrogen-bond acceptors (Lipinski definition) is 4. The minimum absolute atomic E-state index is 0.0251. The van der Waals surface area contributed by atoms with Crippen LogP contribution in [-0.4, -0.2) is 72.9 Å². The third-order valence-corrected chi connectivity index (χ3v) is 5.35. The first-order valence-electron chi connectivity index (χ1n) is 8.36. The van der Waals surface area contributed by atoms with Crippen molar-refractivity contribution in [1.29, 1.82) is 0 Å². The number of aliphatic hydroxyl groups is 1. The van der Waals surface area contributed by atoms with Crippen LogP contribution in [0, 0.1) is 0 Å². The van der Waals surface area contributed by atoms with Crippen LogP contribution in [-0.2, 0) is 0 Å². The Balaban J connectivity index is 1.97. The Morgan fingerprint density at radius 2 is 2.10 bits per heavy atom. The van der Waals surface area contributed by atoms with Crippen molar-refractivity contribution in [1.82, 2.24) is 15.1 Å². The maximum Gasteiger partial charge on any atom is 0.0613 e. The Bertz CT molecular complexity index is 293. The Morgan fingerprint density at radius 3 is 2.75 bits per heavy atom. The van der Waals surface area contributed by atoms with Crippen molar-refractivity contribution in [2.75, 3.05) is 40.3 Å². The van der Waals surface area contributed by atoms with Gasteiger partial charge in [-0.05, 0) is 65.7 Å². The summed E-state index contributed by atoms with van der Waals surface area (Å²) in [5.41, 5.74) is -0.0251. The molecule has 0 aromatic rings. The van der Waals surface area contributed by atoms with Gasteiger partial charge in [0.25, 0.3) is 0 Å². The van der Waals surface area contributed by atoms with Crippen LogP contribution in [0.4, 0.5) is 0 Å². The van der Waals surface area contributed by atoms with Crippen molar-refractivity contribution in [3.8, 4) is 0 Å². The zero-order valence-corrected chi connectivity index (χ0v) is 13.6. The predicted molar refractivity (Wildman–Crippen MR) is 84.0 cm³/mol. The molecule has 118 valence electrons. The van der Waals surface area contributed by atoms with Gasteiger partial charge in [0.1, 0.15) is 0 Å². The number of likely N-dealkylation sites (N-methyl/N-ethyl adjacent to an activating group) is 2. The van der Waals surface area contributed by atoms with Crippen LogP contribution in [0.2, 0.25) is 0 Å². The Labute approximate surface area is 124 Å². The maximum atomic E-state index is 9.84. The van der Waals surface area contributed by atoms with Gasteiger partial charge in [0.15, 0.2) is 0 Å². The fraction of sp³-hybridized carbons (Fsp3) is 1.00. The fourth-order valence-corrected chi connectivity index (χ4v) is 4.11. The van der Waals surface area contributed by atoms with Crippen molar-refractivity contribution in [3.63, 3.8) is 0 Å². The summed E-state index contributed by atoms with van der Waals surface area (Å²) < 4.78 is 0. The summed E-state index contributed by atoms with van der Waals surface area (Å²) in [4.78, 5) is 5.06. The molecule has 20 heavy (non-hydrogen) atoms. The highest BCUT2D eigenvalue weighted by molar-refractivity contribution is 4.97. The second kappa shape index (κ2) is 7.21. The monoisotopic (exact) mass is 283 g/mol. The average Bonchev–Trinajstić information content (AvgIpc) is 2.48. The lowest BCUT2D eigenvalue weighted by Gasteiger charge is -2.47. The second-order valence-electron chi connectivity index (χ2n) is 6.97. The summed E-state index contributed by atoms with van der Waals surface area (Å²) in [6.45, 7) is 5.81. The summed E-state index contributed by atoms with van der Waals surface area (Å²) >= 11 is 0. The van der Waals surface area contributed by atoms with Gasteiger partial charge < -0.3 is 15.3 Å². The minimum Gasteiger partial charge on any atom is -0.394 e. The van der Waals surface area contributed by atoms with Gasteiger partial charge in [-0.25, -0.2) is 0 Å². The molecule has 4 nitrogen and oxygen atoms in total. The molecule has 2 N–H and O–H groups in total. The van der Waals surface area contributed by atoms with E-state index in [1.807, 2.05) is 0 Å². The first kappa shape index (κ1) is 16.2. The van der Waals surface area contributed by atoms with Crippen LogP contribution in [0.5, 0.6) is 0 Å². The molecule has 0 amide bonds. The minimum atomic E-state index is -0.0251. The molecule has 4 heteroatoms. The van der Waals surface area contributed by atoms with Gasteiger partial charge in [0.05, 0.1) is 6.61 Å². The molecule has 1 saturated heterocycles. The molecule has 0 aromatic carbocycles. The van der Waals surface area contributed by atoms with Gasteiger partial charge in [-0.15, -0.1) is 0 Å². The lowest BCUT2D eigenvalue weighted by molar-refractivity contribution is 0.0323. The van der Waals surface area contributed by atoms with Gasteiger partial charge in [0.2, 0.25) is 0 Å². The predicted octanol–water partition coefficient (Wildman–Crippen LogP) is 1.30. The van der Waals surface area contributed by atoms with E-state index in [0.717, 1.165) is 19.4 Å².